The van der Waals surface area contributed by atoms with E-state index in [0.29, 0.717) is 0 Å². The van der Waals surface area contributed by atoms with Crippen LogP contribution in [0.25, 0.3) is 0 Å². The molecule has 0 spiro atoms. The summed E-state index contributed by atoms with van der Waals surface area (Å²) in [7, 11) is -3.99. The lowest BCUT2D eigenvalue weighted by Gasteiger charge is -2.18. The standard InChI is InChI=1S/C11H13N3O5S/c15-11-5-7-13(8-6-12-11)20(18,19)10-4-2-1-3-9(10)14(16)17/h1-4H,5-8H2,(H,12,15). The topological polar surface area (TPSA) is 110 Å². The van der Waals surface area contributed by atoms with Gasteiger partial charge in [0.15, 0.2) is 4.90 Å². The lowest BCUT2D eigenvalue weighted by Crippen LogP contribution is -2.34. The highest BCUT2D eigenvalue weighted by molar-refractivity contribution is 7.89. The number of nitro benzene ring substituents is 1. The number of sulfonamides is 1. The Balaban J connectivity index is 2.40. The smallest absolute Gasteiger partial charge is 0.289 e. The van der Waals surface area contributed by atoms with E-state index in [4.69, 9.17) is 0 Å². The molecule has 0 atom stereocenters. The van der Waals surface area contributed by atoms with Crippen LogP contribution in [-0.4, -0.2) is 43.2 Å². The van der Waals surface area contributed by atoms with Gasteiger partial charge in [-0.05, 0) is 6.07 Å². The Labute approximate surface area is 115 Å². The van der Waals surface area contributed by atoms with Crippen LogP contribution < -0.4 is 5.32 Å². The van der Waals surface area contributed by atoms with Gasteiger partial charge in [-0.15, -0.1) is 0 Å². The van der Waals surface area contributed by atoms with E-state index in [1.165, 1.54) is 18.2 Å². The third-order valence-electron chi connectivity index (χ3n) is 2.95. The molecule has 1 aliphatic rings. The second kappa shape index (κ2) is 5.55. The van der Waals surface area contributed by atoms with Gasteiger partial charge in [-0.1, -0.05) is 12.1 Å². The normalized spacial score (nSPS) is 17.3. The maximum Gasteiger partial charge on any atom is 0.289 e. The van der Waals surface area contributed by atoms with E-state index in [1.807, 2.05) is 0 Å². The van der Waals surface area contributed by atoms with Crippen LogP contribution in [0.2, 0.25) is 0 Å². The molecule has 1 N–H and O–H groups in total. The number of rotatable bonds is 3. The van der Waals surface area contributed by atoms with Crippen molar-refractivity contribution >= 4 is 21.6 Å². The first-order valence-electron chi connectivity index (χ1n) is 5.93. The zero-order valence-corrected chi connectivity index (χ0v) is 11.3. The van der Waals surface area contributed by atoms with Crippen molar-refractivity contribution in [3.63, 3.8) is 0 Å². The minimum Gasteiger partial charge on any atom is -0.355 e. The van der Waals surface area contributed by atoms with Crippen molar-refractivity contribution in [3.8, 4) is 0 Å². The summed E-state index contributed by atoms with van der Waals surface area (Å²) in [6.45, 7) is 0.305. The van der Waals surface area contributed by atoms with Gasteiger partial charge in [0.2, 0.25) is 15.9 Å². The highest BCUT2D eigenvalue weighted by atomic mass is 32.2. The number of nitrogens with one attached hydrogen (secondary N) is 1. The second-order valence-electron chi connectivity index (χ2n) is 4.23. The van der Waals surface area contributed by atoms with Gasteiger partial charge >= 0.3 is 0 Å². The molecule has 1 aliphatic heterocycles. The second-order valence-corrected chi connectivity index (χ2v) is 6.14. The van der Waals surface area contributed by atoms with Gasteiger partial charge < -0.3 is 5.32 Å². The zero-order chi connectivity index (χ0) is 14.8. The average molecular weight is 299 g/mol. The minimum atomic E-state index is -3.99. The molecule has 1 heterocycles. The van der Waals surface area contributed by atoms with Gasteiger partial charge in [-0.25, -0.2) is 8.42 Å². The Bertz CT molecular complexity index is 643. The molecule has 0 saturated carbocycles. The number of carbonyl (C=O) groups excluding carboxylic acids is 1. The molecular weight excluding hydrogens is 286 g/mol. The third-order valence-corrected chi connectivity index (χ3v) is 4.90. The molecule has 1 fully saturated rings. The van der Waals surface area contributed by atoms with E-state index in [2.05, 4.69) is 5.32 Å². The average Bonchev–Trinajstić information content (AvgIpc) is 2.64. The van der Waals surface area contributed by atoms with Crippen molar-refractivity contribution in [2.45, 2.75) is 11.3 Å². The van der Waals surface area contributed by atoms with Crippen molar-refractivity contribution < 1.29 is 18.1 Å². The van der Waals surface area contributed by atoms with E-state index in [9.17, 15) is 23.3 Å². The third kappa shape index (κ3) is 2.78. The molecule has 1 aromatic carbocycles. The number of nitro groups is 1. The number of para-hydroxylation sites is 1. The largest absolute Gasteiger partial charge is 0.355 e. The van der Waals surface area contributed by atoms with Crippen molar-refractivity contribution in [1.29, 1.82) is 0 Å². The lowest BCUT2D eigenvalue weighted by molar-refractivity contribution is -0.387. The minimum absolute atomic E-state index is 0.0141. The fourth-order valence-electron chi connectivity index (χ4n) is 1.95. The summed E-state index contributed by atoms with van der Waals surface area (Å²) in [5.41, 5.74) is -0.462. The molecule has 9 heteroatoms. The molecular formula is C11H13N3O5S. The highest BCUT2D eigenvalue weighted by Gasteiger charge is 2.32. The maximum absolute atomic E-state index is 12.5. The van der Waals surface area contributed by atoms with Crippen LogP contribution >= 0.6 is 0 Å². The van der Waals surface area contributed by atoms with Crippen LogP contribution in [0.3, 0.4) is 0 Å². The van der Waals surface area contributed by atoms with Crippen LogP contribution in [-0.2, 0) is 14.8 Å². The van der Waals surface area contributed by atoms with E-state index < -0.39 is 20.6 Å². The molecule has 0 aliphatic carbocycles. The molecule has 0 unspecified atom stereocenters. The fourth-order valence-corrected chi connectivity index (χ4v) is 3.55. The van der Waals surface area contributed by atoms with Gasteiger partial charge in [0.1, 0.15) is 0 Å². The predicted octanol–water partition coefficient (Wildman–Crippen LogP) is 0.105. The molecule has 108 valence electrons. The zero-order valence-electron chi connectivity index (χ0n) is 10.5. The Hall–Kier alpha value is -2.00. The predicted molar refractivity (Wildman–Crippen MR) is 69.5 cm³/mol. The van der Waals surface area contributed by atoms with Gasteiger partial charge in [-0.2, -0.15) is 4.31 Å². The summed E-state index contributed by atoms with van der Waals surface area (Å²) in [5, 5.41) is 13.5. The number of carbonyl (C=O) groups is 1. The summed E-state index contributed by atoms with van der Waals surface area (Å²) in [4.78, 5) is 21.1. The Morgan fingerprint density at radius 2 is 1.95 bits per heavy atom. The van der Waals surface area contributed by atoms with E-state index >= 15 is 0 Å². The monoisotopic (exact) mass is 299 g/mol. The van der Waals surface area contributed by atoms with Crippen LogP contribution in [0.4, 0.5) is 5.69 Å². The van der Waals surface area contributed by atoms with Crippen LogP contribution in [0.15, 0.2) is 29.2 Å². The summed E-state index contributed by atoms with van der Waals surface area (Å²) in [6.07, 6.45) is 0.0415. The molecule has 1 aromatic rings. The van der Waals surface area contributed by atoms with E-state index in [-0.39, 0.29) is 36.9 Å². The van der Waals surface area contributed by atoms with Crippen LogP contribution in [0.5, 0.6) is 0 Å². The first kappa shape index (κ1) is 14.4. The SMILES string of the molecule is O=C1CCN(S(=O)(=O)c2ccccc2[N+](=O)[O-])CCN1. The van der Waals surface area contributed by atoms with E-state index in [1.54, 1.807) is 0 Å². The molecule has 0 aromatic heterocycles. The van der Waals surface area contributed by atoms with Crippen LogP contribution in [0, 0.1) is 10.1 Å². The number of hydrogen-bond acceptors (Lipinski definition) is 5. The Morgan fingerprint density at radius 1 is 1.25 bits per heavy atom. The van der Waals surface area contributed by atoms with Gasteiger partial charge in [0, 0.05) is 32.1 Å². The van der Waals surface area contributed by atoms with Crippen molar-refractivity contribution in [2.24, 2.45) is 0 Å². The fraction of sp³-hybridized carbons (Fsp3) is 0.364. The van der Waals surface area contributed by atoms with Crippen molar-refractivity contribution in [1.82, 2.24) is 9.62 Å². The Morgan fingerprint density at radius 3 is 2.65 bits per heavy atom. The number of nitrogens with zero attached hydrogens (tertiary/aromatic N) is 2. The Kier molecular flexibility index (Phi) is 4.00. The quantitative estimate of drug-likeness (QED) is 0.629. The summed E-state index contributed by atoms with van der Waals surface area (Å²) in [6, 6.07) is 5.19. The molecule has 20 heavy (non-hydrogen) atoms. The van der Waals surface area contributed by atoms with Crippen molar-refractivity contribution in [3.05, 3.63) is 34.4 Å². The van der Waals surface area contributed by atoms with Gasteiger partial charge in [0.25, 0.3) is 5.69 Å². The van der Waals surface area contributed by atoms with E-state index in [0.717, 1.165) is 10.4 Å². The molecule has 1 amide bonds. The highest BCUT2D eigenvalue weighted by Crippen LogP contribution is 2.26. The number of benzene rings is 1. The maximum atomic E-state index is 12.5. The number of amides is 1. The van der Waals surface area contributed by atoms with Gasteiger partial charge in [0.05, 0.1) is 4.92 Å². The number of hydrogen-bond donors (Lipinski definition) is 1. The molecule has 1 saturated heterocycles. The first-order chi connectivity index (χ1) is 9.43. The molecule has 0 bridgehead atoms. The lowest BCUT2D eigenvalue weighted by atomic mass is 10.3. The van der Waals surface area contributed by atoms with Crippen LogP contribution in [0.1, 0.15) is 6.42 Å². The van der Waals surface area contributed by atoms with Gasteiger partial charge in [-0.3, -0.25) is 14.9 Å². The molecule has 8 nitrogen and oxygen atoms in total. The summed E-state index contributed by atoms with van der Waals surface area (Å²) < 4.78 is 26.0. The molecule has 2 rings (SSSR count). The van der Waals surface area contributed by atoms with Crippen molar-refractivity contribution in [2.75, 3.05) is 19.6 Å². The molecule has 0 radical (unpaired) electrons. The summed E-state index contributed by atoms with van der Waals surface area (Å²) >= 11 is 0. The first-order valence-corrected chi connectivity index (χ1v) is 7.37. The summed E-state index contributed by atoms with van der Waals surface area (Å²) in [5.74, 6) is -0.231.